The van der Waals surface area contributed by atoms with E-state index in [0.717, 1.165) is 24.5 Å². The van der Waals surface area contributed by atoms with Crippen LogP contribution in [0, 0.1) is 0 Å². The Morgan fingerprint density at radius 1 is 1.44 bits per heavy atom. The first-order valence-electron chi connectivity index (χ1n) is 5.73. The predicted molar refractivity (Wildman–Crippen MR) is 64.3 cm³/mol. The first-order valence-corrected chi connectivity index (χ1v) is 5.73. The van der Waals surface area contributed by atoms with Gasteiger partial charge in [0.1, 0.15) is 6.23 Å². The summed E-state index contributed by atoms with van der Waals surface area (Å²) in [5.74, 6) is 0. The summed E-state index contributed by atoms with van der Waals surface area (Å²) in [5, 5.41) is 16.0. The Bertz CT molecular complexity index is 439. The summed E-state index contributed by atoms with van der Waals surface area (Å²) < 4.78 is 6.53. The highest BCUT2D eigenvalue weighted by atomic mass is 16.5. The number of hydrogen-bond donors (Lipinski definition) is 3. The number of H-pyrrole nitrogens is 1. The standard InChI is InChI=1S/C10H14N2O4.CH4O/c13-6-7-2-1-3-9(16-7)12-8(14)4-5-11-10(12)15;1-2/h4-5,7,9,13H,1-3,6H2,(H,11,15);2H,1H3. The van der Waals surface area contributed by atoms with Crippen molar-refractivity contribution in [1.82, 2.24) is 9.55 Å². The normalized spacial score (nSPS) is 23.1. The highest BCUT2D eigenvalue weighted by Gasteiger charge is 2.24. The molecule has 0 bridgehead atoms. The fraction of sp³-hybridized carbons (Fsp3) is 0.636. The van der Waals surface area contributed by atoms with E-state index in [1.807, 2.05) is 0 Å². The van der Waals surface area contributed by atoms with E-state index in [2.05, 4.69) is 4.98 Å². The second-order valence-electron chi connectivity index (χ2n) is 3.82. The van der Waals surface area contributed by atoms with Crippen LogP contribution in [0.4, 0.5) is 0 Å². The number of aliphatic hydroxyl groups excluding tert-OH is 2. The Morgan fingerprint density at radius 2 is 2.17 bits per heavy atom. The number of aliphatic hydroxyl groups is 2. The van der Waals surface area contributed by atoms with Crippen molar-refractivity contribution in [3.63, 3.8) is 0 Å². The van der Waals surface area contributed by atoms with Crippen LogP contribution < -0.4 is 11.2 Å². The van der Waals surface area contributed by atoms with Crippen LogP contribution in [-0.2, 0) is 4.74 Å². The molecule has 1 aromatic rings. The number of aromatic amines is 1. The van der Waals surface area contributed by atoms with Gasteiger partial charge in [0.2, 0.25) is 0 Å². The first-order chi connectivity index (χ1) is 8.72. The van der Waals surface area contributed by atoms with Crippen molar-refractivity contribution in [2.24, 2.45) is 0 Å². The second-order valence-corrected chi connectivity index (χ2v) is 3.82. The molecule has 0 amide bonds. The maximum atomic E-state index is 11.5. The van der Waals surface area contributed by atoms with Crippen LogP contribution in [0.15, 0.2) is 21.9 Å². The van der Waals surface area contributed by atoms with Gasteiger partial charge in [0, 0.05) is 19.4 Å². The Morgan fingerprint density at radius 3 is 2.78 bits per heavy atom. The molecule has 1 aromatic heterocycles. The SMILES string of the molecule is CO.O=c1cc[nH]c(=O)n1C1CCCC(CO)O1. The lowest BCUT2D eigenvalue weighted by molar-refractivity contribution is -0.110. The number of nitrogens with one attached hydrogen (secondary N) is 1. The highest BCUT2D eigenvalue weighted by molar-refractivity contribution is 4.85. The molecule has 2 heterocycles. The van der Waals surface area contributed by atoms with E-state index >= 15 is 0 Å². The minimum absolute atomic E-state index is 0.0873. The molecule has 1 fully saturated rings. The van der Waals surface area contributed by atoms with Gasteiger partial charge in [-0.2, -0.15) is 0 Å². The van der Waals surface area contributed by atoms with Crippen LogP contribution in [0.1, 0.15) is 25.5 Å². The van der Waals surface area contributed by atoms with Crippen LogP contribution >= 0.6 is 0 Å². The molecule has 1 saturated heterocycles. The van der Waals surface area contributed by atoms with Crippen LogP contribution in [-0.4, -0.2) is 39.6 Å². The fourth-order valence-corrected chi connectivity index (χ4v) is 1.91. The minimum Gasteiger partial charge on any atom is -0.400 e. The molecule has 102 valence electrons. The number of rotatable bonds is 2. The zero-order valence-corrected chi connectivity index (χ0v) is 10.2. The number of ether oxygens (including phenoxy) is 1. The summed E-state index contributed by atoms with van der Waals surface area (Å²) in [5.41, 5.74) is -0.858. The molecule has 0 aromatic carbocycles. The van der Waals surface area contributed by atoms with Crippen LogP contribution in [0.3, 0.4) is 0 Å². The number of hydrogen-bond acceptors (Lipinski definition) is 5. The molecule has 3 N–H and O–H groups in total. The van der Waals surface area contributed by atoms with Gasteiger partial charge in [-0.05, 0) is 19.3 Å². The molecule has 0 radical (unpaired) electrons. The van der Waals surface area contributed by atoms with Crippen molar-refractivity contribution in [3.8, 4) is 0 Å². The Kier molecular flexibility index (Phi) is 5.76. The molecule has 7 heteroatoms. The first kappa shape index (κ1) is 14.6. The highest BCUT2D eigenvalue weighted by Crippen LogP contribution is 2.24. The summed E-state index contributed by atoms with van der Waals surface area (Å²) in [6.07, 6.45) is 2.66. The van der Waals surface area contributed by atoms with Crippen LogP contribution in [0.2, 0.25) is 0 Å². The Labute approximate surface area is 104 Å². The minimum atomic E-state index is -0.566. The van der Waals surface area contributed by atoms with Crippen molar-refractivity contribution < 1.29 is 14.9 Å². The smallest absolute Gasteiger partial charge is 0.330 e. The Balaban J connectivity index is 0.000000771. The third kappa shape index (κ3) is 3.28. The molecule has 18 heavy (non-hydrogen) atoms. The van der Waals surface area contributed by atoms with E-state index in [0.29, 0.717) is 6.42 Å². The Hall–Kier alpha value is -1.44. The summed E-state index contributed by atoms with van der Waals surface area (Å²) in [6, 6.07) is 1.29. The van der Waals surface area contributed by atoms with Crippen molar-refractivity contribution in [2.75, 3.05) is 13.7 Å². The molecule has 1 aliphatic heterocycles. The van der Waals surface area contributed by atoms with Gasteiger partial charge in [0.05, 0.1) is 12.7 Å². The largest absolute Gasteiger partial charge is 0.400 e. The van der Waals surface area contributed by atoms with Gasteiger partial charge in [-0.1, -0.05) is 0 Å². The van der Waals surface area contributed by atoms with E-state index in [-0.39, 0.29) is 18.3 Å². The van der Waals surface area contributed by atoms with Gasteiger partial charge in [-0.3, -0.25) is 4.79 Å². The summed E-state index contributed by atoms with van der Waals surface area (Å²) in [4.78, 5) is 25.5. The second kappa shape index (κ2) is 7.10. The lowest BCUT2D eigenvalue weighted by Crippen LogP contribution is -2.41. The van der Waals surface area contributed by atoms with Gasteiger partial charge in [-0.15, -0.1) is 0 Å². The molecule has 0 spiro atoms. The monoisotopic (exact) mass is 258 g/mol. The van der Waals surface area contributed by atoms with E-state index in [1.54, 1.807) is 0 Å². The fourth-order valence-electron chi connectivity index (χ4n) is 1.91. The molecule has 1 aliphatic rings. The third-order valence-corrected chi connectivity index (χ3v) is 2.71. The van der Waals surface area contributed by atoms with Crippen LogP contribution in [0.5, 0.6) is 0 Å². The van der Waals surface area contributed by atoms with Gasteiger partial charge < -0.3 is 19.9 Å². The van der Waals surface area contributed by atoms with Crippen LogP contribution in [0.25, 0.3) is 0 Å². The van der Waals surface area contributed by atoms with Crippen molar-refractivity contribution in [1.29, 1.82) is 0 Å². The number of aromatic nitrogens is 2. The molecule has 2 rings (SSSR count). The van der Waals surface area contributed by atoms with E-state index in [4.69, 9.17) is 14.9 Å². The molecule has 7 nitrogen and oxygen atoms in total. The predicted octanol–water partition coefficient (Wildman–Crippen LogP) is -0.795. The molecule has 0 aliphatic carbocycles. The van der Waals surface area contributed by atoms with Gasteiger partial charge in [-0.25, -0.2) is 9.36 Å². The average molecular weight is 258 g/mol. The van der Waals surface area contributed by atoms with Crippen molar-refractivity contribution in [3.05, 3.63) is 33.1 Å². The maximum Gasteiger partial charge on any atom is 0.330 e. The molecular weight excluding hydrogens is 240 g/mol. The quantitative estimate of drug-likeness (QED) is 0.644. The van der Waals surface area contributed by atoms with Gasteiger partial charge in [0.15, 0.2) is 0 Å². The van der Waals surface area contributed by atoms with E-state index in [9.17, 15) is 9.59 Å². The molecular formula is C11H18N2O5. The molecule has 2 unspecified atom stereocenters. The summed E-state index contributed by atoms with van der Waals surface area (Å²) in [6.45, 7) is -0.0873. The van der Waals surface area contributed by atoms with Gasteiger partial charge >= 0.3 is 5.69 Å². The lowest BCUT2D eigenvalue weighted by Gasteiger charge is -2.29. The topological polar surface area (TPSA) is 105 Å². The molecule has 2 atom stereocenters. The lowest BCUT2D eigenvalue weighted by atomic mass is 10.1. The zero-order valence-electron chi connectivity index (χ0n) is 10.2. The zero-order chi connectivity index (χ0) is 13.5. The molecule has 0 saturated carbocycles. The summed E-state index contributed by atoms with van der Waals surface area (Å²) >= 11 is 0. The van der Waals surface area contributed by atoms with E-state index < -0.39 is 11.9 Å². The third-order valence-electron chi connectivity index (χ3n) is 2.71. The van der Waals surface area contributed by atoms with Crippen molar-refractivity contribution in [2.45, 2.75) is 31.6 Å². The summed E-state index contributed by atoms with van der Waals surface area (Å²) in [7, 11) is 1.00. The maximum absolute atomic E-state index is 11.5. The van der Waals surface area contributed by atoms with Crippen molar-refractivity contribution >= 4 is 0 Å². The van der Waals surface area contributed by atoms with Gasteiger partial charge in [0.25, 0.3) is 5.56 Å². The van der Waals surface area contributed by atoms with E-state index in [1.165, 1.54) is 12.3 Å². The number of nitrogens with zero attached hydrogens (tertiary/aromatic N) is 1. The average Bonchev–Trinajstić information content (AvgIpc) is 2.41.